The van der Waals surface area contributed by atoms with Gasteiger partial charge in [-0.15, -0.1) is 11.8 Å². The Morgan fingerprint density at radius 1 is 1.27 bits per heavy atom. The standard InChI is InChI=1S/C14H13F3N4S/c1-2-22-10-4-3-7-19-12(10)13(18)21-11-6-5-9(8-20-11)14(15,16)17/h3-8H,2H2,1H3,(H2,18,20,21). The van der Waals surface area contributed by atoms with Crippen LogP contribution in [0, 0.1) is 0 Å². The highest BCUT2D eigenvalue weighted by Crippen LogP contribution is 2.29. The minimum atomic E-state index is -4.42. The number of alkyl halides is 3. The van der Waals surface area contributed by atoms with E-state index in [1.54, 1.807) is 24.0 Å². The lowest BCUT2D eigenvalue weighted by atomic mass is 10.3. The van der Waals surface area contributed by atoms with Gasteiger partial charge in [0.15, 0.2) is 11.7 Å². The summed E-state index contributed by atoms with van der Waals surface area (Å²) in [6, 6.07) is 5.73. The van der Waals surface area contributed by atoms with Gasteiger partial charge in [-0.1, -0.05) is 6.92 Å². The minimum absolute atomic E-state index is 0.101. The maximum absolute atomic E-state index is 12.5. The van der Waals surface area contributed by atoms with Crippen LogP contribution in [-0.4, -0.2) is 21.6 Å². The number of thioether (sulfide) groups is 1. The van der Waals surface area contributed by atoms with E-state index in [1.165, 1.54) is 6.07 Å². The van der Waals surface area contributed by atoms with Crippen molar-refractivity contribution in [2.24, 2.45) is 10.7 Å². The quantitative estimate of drug-likeness (QED) is 0.529. The van der Waals surface area contributed by atoms with Gasteiger partial charge in [0.25, 0.3) is 0 Å². The van der Waals surface area contributed by atoms with E-state index in [1.807, 2.05) is 13.0 Å². The number of rotatable bonds is 4. The molecule has 0 atom stereocenters. The third kappa shape index (κ3) is 3.97. The van der Waals surface area contributed by atoms with E-state index in [9.17, 15) is 13.2 Å². The third-order valence-electron chi connectivity index (χ3n) is 2.62. The Balaban J connectivity index is 2.29. The SMILES string of the molecule is CCSc1cccnc1C(N)=Nc1ccc(C(F)(F)F)cn1. The normalized spacial score (nSPS) is 12.5. The summed E-state index contributed by atoms with van der Waals surface area (Å²) in [5.74, 6) is 1.05. The molecule has 0 bridgehead atoms. The van der Waals surface area contributed by atoms with E-state index < -0.39 is 11.7 Å². The number of pyridine rings is 2. The first kappa shape index (κ1) is 16.3. The average Bonchev–Trinajstić information content (AvgIpc) is 2.47. The van der Waals surface area contributed by atoms with Gasteiger partial charge in [0, 0.05) is 17.3 Å². The Bertz CT molecular complexity index is 669. The molecule has 0 saturated heterocycles. The fourth-order valence-electron chi connectivity index (χ4n) is 1.65. The van der Waals surface area contributed by atoms with Crippen LogP contribution in [0.2, 0.25) is 0 Å². The van der Waals surface area contributed by atoms with Crippen molar-refractivity contribution in [2.45, 2.75) is 18.0 Å². The lowest BCUT2D eigenvalue weighted by Gasteiger charge is -2.07. The molecule has 0 fully saturated rings. The molecule has 2 N–H and O–H groups in total. The smallest absolute Gasteiger partial charge is 0.382 e. The van der Waals surface area contributed by atoms with Crippen molar-refractivity contribution in [3.63, 3.8) is 0 Å². The van der Waals surface area contributed by atoms with E-state index in [0.29, 0.717) is 5.69 Å². The number of hydrogen-bond donors (Lipinski definition) is 1. The van der Waals surface area contributed by atoms with Crippen LogP contribution >= 0.6 is 11.8 Å². The molecule has 8 heteroatoms. The van der Waals surface area contributed by atoms with Crippen molar-refractivity contribution in [3.05, 3.63) is 47.9 Å². The summed E-state index contributed by atoms with van der Waals surface area (Å²) < 4.78 is 37.4. The first-order valence-electron chi connectivity index (χ1n) is 6.37. The summed E-state index contributed by atoms with van der Waals surface area (Å²) in [4.78, 5) is 12.7. The molecule has 0 unspecified atom stereocenters. The van der Waals surface area contributed by atoms with Crippen LogP contribution in [0.25, 0.3) is 0 Å². The molecule has 0 aliphatic carbocycles. The third-order valence-corrected chi connectivity index (χ3v) is 3.55. The highest BCUT2D eigenvalue weighted by molar-refractivity contribution is 7.99. The molecule has 0 aliphatic heterocycles. The number of nitrogens with two attached hydrogens (primary N) is 1. The van der Waals surface area contributed by atoms with Gasteiger partial charge in [-0.05, 0) is 30.0 Å². The van der Waals surface area contributed by atoms with E-state index in [4.69, 9.17) is 5.73 Å². The summed E-state index contributed by atoms with van der Waals surface area (Å²) >= 11 is 1.55. The zero-order chi connectivity index (χ0) is 16.2. The fraction of sp³-hybridized carbons (Fsp3) is 0.214. The Morgan fingerprint density at radius 2 is 2.05 bits per heavy atom. The summed E-state index contributed by atoms with van der Waals surface area (Å²) in [7, 11) is 0. The summed E-state index contributed by atoms with van der Waals surface area (Å²) in [5, 5.41) is 0. The average molecular weight is 326 g/mol. The van der Waals surface area contributed by atoms with E-state index >= 15 is 0 Å². The van der Waals surface area contributed by atoms with Gasteiger partial charge in [-0.3, -0.25) is 4.98 Å². The molecule has 0 aliphatic rings. The van der Waals surface area contributed by atoms with Crippen molar-refractivity contribution >= 4 is 23.4 Å². The van der Waals surface area contributed by atoms with Crippen LogP contribution in [0.1, 0.15) is 18.2 Å². The van der Waals surface area contributed by atoms with Gasteiger partial charge >= 0.3 is 6.18 Å². The number of amidine groups is 1. The second-order valence-corrected chi connectivity index (χ2v) is 5.49. The zero-order valence-corrected chi connectivity index (χ0v) is 12.4. The predicted molar refractivity (Wildman–Crippen MR) is 80.3 cm³/mol. The molecule has 2 rings (SSSR count). The maximum Gasteiger partial charge on any atom is 0.417 e. The molecule has 22 heavy (non-hydrogen) atoms. The number of nitrogens with zero attached hydrogens (tertiary/aromatic N) is 3. The summed E-state index contributed by atoms with van der Waals surface area (Å²) in [6.07, 6.45) is -2.11. The van der Waals surface area contributed by atoms with Crippen molar-refractivity contribution in [3.8, 4) is 0 Å². The van der Waals surface area contributed by atoms with E-state index in [2.05, 4.69) is 15.0 Å². The molecule has 0 spiro atoms. The van der Waals surface area contributed by atoms with Crippen molar-refractivity contribution in [2.75, 3.05) is 5.75 Å². The predicted octanol–water partition coefficient (Wildman–Crippen LogP) is 3.64. The largest absolute Gasteiger partial charge is 0.417 e. The molecular weight excluding hydrogens is 313 g/mol. The lowest BCUT2D eigenvalue weighted by molar-refractivity contribution is -0.137. The fourth-order valence-corrected chi connectivity index (χ4v) is 2.43. The molecular formula is C14H13F3N4S. The monoisotopic (exact) mass is 326 g/mol. The summed E-state index contributed by atoms with van der Waals surface area (Å²) in [5.41, 5.74) is 5.56. The molecule has 2 heterocycles. The number of aliphatic imine (C=N–C) groups is 1. The van der Waals surface area contributed by atoms with Crippen LogP contribution in [-0.2, 0) is 6.18 Å². The highest BCUT2D eigenvalue weighted by Gasteiger charge is 2.30. The van der Waals surface area contributed by atoms with Gasteiger partial charge in [-0.2, -0.15) is 13.2 Å². The molecule has 0 aromatic carbocycles. The van der Waals surface area contributed by atoms with Gasteiger partial charge in [0.05, 0.1) is 5.56 Å². The van der Waals surface area contributed by atoms with Crippen molar-refractivity contribution in [1.29, 1.82) is 0 Å². The van der Waals surface area contributed by atoms with Crippen molar-refractivity contribution < 1.29 is 13.2 Å². The van der Waals surface area contributed by atoms with Crippen LogP contribution < -0.4 is 5.73 Å². The highest BCUT2D eigenvalue weighted by atomic mass is 32.2. The Morgan fingerprint density at radius 3 is 2.64 bits per heavy atom. The Hall–Kier alpha value is -2.09. The van der Waals surface area contributed by atoms with Gasteiger partial charge in [0.1, 0.15) is 5.69 Å². The topological polar surface area (TPSA) is 64.2 Å². The second-order valence-electron chi connectivity index (χ2n) is 4.18. The second kappa shape index (κ2) is 6.78. The van der Waals surface area contributed by atoms with Crippen molar-refractivity contribution in [1.82, 2.24) is 9.97 Å². The molecule has 2 aromatic heterocycles. The first-order chi connectivity index (χ1) is 10.4. The minimum Gasteiger partial charge on any atom is -0.382 e. The number of hydrogen-bond acceptors (Lipinski definition) is 4. The number of halogens is 3. The molecule has 2 aromatic rings. The van der Waals surface area contributed by atoms with Gasteiger partial charge in [-0.25, -0.2) is 9.98 Å². The number of aromatic nitrogens is 2. The Kier molecular flexibility index (Phi) is 5.02. The molecule has 0 radical (unpaired) electrons. The molecule has 0 amide bonds. The zero-order valence-electron chi connectivity index (χ0n) is 11.6. The van der Waals surface area contributed by atoms with Crippen LogP contribution in [0.3, 0.4) is 0 Å². The first-order valence-corrected chi connectivity index (χ1v) is 7.36. The van der Waals surface area contributed by atoms with Crippen LogP contribution in [0.4, 0.5) is 19.0 Å². The van der Waals surface area contributed by atoms with Crippen LogP contribution in [0.15, 0.2) is 46.5 Å². The summed E-state index contributed by atoms with van der Waals surface area (Å²) in [6.45, 7) is 1.99. The van der Waals surface area contributed by atoms with E-state index in [0.717, 1.165) is 22.9 Å². The Labute approximate surface area is 129 Å². The maximum atomic E-state index is 12.5. The lowest BCUT2D eigenvalue weighted by Crippen LogP contribution is -2.16. The molecule has 116 valence electrons. The van der Waals surface area contributed by atoms with Gasteiger partial charge < -0.3 is 5.73 Å². The molecule has 4 nitrogen and oxygen atoms in total. The van der Waals surface area contributed by atoms with E-state index in [-0.39, 0.29) is 11.7 Å². The molecule has 0 saturated carbocycles. The van der Waals surface area contributed by atoms with Crippen LogP contribution in [0.5, 0.6) is 0 Å². The van der Waals surface area contributed by atoms with Gasteiger partial charge in [0.2, 0.25) is 0 Å².